The number of nitrogens with zero attached hydrogens (tertiary/aromatic N) is 1. The summed E-state index contributed by atoms with van der Waals surface area (Å²) in [4.78, 5) is 4.41. The molecule has 0 aliphatic carbocycles. The molecule has 0 aliphatic heterocycles. The summed E-state index contributed by atoms with van der Waals surface area (Å²) in [5.74, 6) is 0.798. The van der Waals surface area contributed by atoms with Gasteiger partial charge in [0.15, 0.2) is 0 Å². The van der Waals surface area contributed by atoms with Crippen molar-refractivity contribution < 1.29 is 0 Å². The van der Waals surface area contributed by atoms with Crippen molar-refractivity contribution in [1.29, 1.82) is 0 Å². The summed E-state index contributed by atoms with van der Waals surface area (Å²) >= 11 is 0. The zero-order valence-electron chi connectivity index (χ0n) is 12.4. The lowest BCUT2D eigenvalue weighted by Crippen LogP contribution is -2.23. The molecule has 1 aromatic rings. The summed E-state index contributed by atoms with van der Waals surface area (Å²) in [7, 11) is 0. The molecule has 0 fully saturated rings. The Morgan fingerprint density at radius 2 is 2.06 bits per heavy atom. The van der Waals surface area contributed by atoms with Crippen molar-refractivity contribution in [1.82, 2.24) is 10.3 Å². The van der Waals surface area contributed by atoms with Crippen LogP contribution >= 0.6 is 0 Å². The molecular formula is C16H28N2. The number of hydrogen-bond acceptors (Lipinski definition) is 2. The first-order chi connectivity index (χ1) is 8.65. The molecule has 1 rings (SSSR count). The van der Waals surface area contributed by atoms with Gasteiger partial charge in [-0.25, -0.2) is 0 Å². The third-order valence-corrected chi connectivity index (χ3v) is 3.34. The van der Waals surface area contributed by atoms with E-state index in [1.54, 1.807) is 0 Å². The molecular weight excluding hydrogens is 220 g/mol. The number of nitrogens with one attached hydrogen (secondary N) is 1. The van der Waals surface area contributed by atoms with Gasteiger partial charge in [0.1, 0.15) is 0 Å². The van der Waals surface area contributed by atoms with Crippen LogP contribution in [0.5, 0.6) is 0 Å². The van der Waals surface area contributed by atoms with Gasteiger partial charge in [0.2, 0.25) is 0 Å². The second-order valence-corrected chi connectivity index (χ2v) is 5.51. The van der Waals surface area contributed by atoms with Crippen LogP contribution in [0.3, 0.4) is 0 Å². The predicted molar refractivity (Wildman–Crippen MR) is 78.7 cm³/mol. The molecule has 1 unspecified atom stereocenters. The Bertz CT molecular complexity index is 334. The molecule has 0 aliphatic rings. The van der Waals surface area contributed by atoms with Crippen LogP contribution in [0.1, 0.15) is 63.8 Å². The maximum atomic E-state index is 4.41. The van der Waals surface area contributed by atoms with E-state index in [0.717, 1.165) is 18.2 Å². The average Bonchev–Trinajstić information content (AvgIpc) is 2.34. The minimum atomic E-state index is 0.470. The maximum Gasteiger partial charge on any atom is 0.0420 e. The van der Waals surface area contributed by atoms with Gasteiger partial charge in [-0.05, 0) is 43.9 Å². The highest BCUT2D eigenvalue weighted by Crippen LogP contribution is 2.22. The number of pyridine rings is 1. The van der Waals surface area contributed by atoms with Crippen LogP contribution in [0.4, 0.5) is 0 Å². The van der Waals surface area contributed by atoms with Crippen LogP contribution in [-0.4, -0.2) is 11.5 Å². The predicted octanol–water partition coefficient (Wildman–Crippen LogP) is 4.26. The van der Waals surface area contributed by atoms with E-state index < -0.39 is 0 Å². The smallest absolute Gasteiger partial charge is 0.0420 e. The van der Waals surface area contributed by atoms with Crippen LogP contribution in [0, 0.1) is 12.8 Å². The Kier molecular flexibility index (Phi) is 6.96. The molecule has 0 aromatic carbocycles. The fourth-order valence-corrected chi connectivity index (χ4v) is 2.28. The monoisotopic (exact) mass is 248 g/mol. The van der Waals surface area contributed by atoms with E-state index in [0.29, 0.717) is 6.04 Å². The van der Waals surface area contributed by atoms with Gasteiger partial charge in [0.05, 0.1) is 0 Å². The van der Waals surface area contributed by atoms with E-state index in [1.807, 2.05) is 12.3 Å². The van der Waals surface area contributed by atoms with Crippen LogP contribution in [0.2, 0.25) is 0 Å². The Balaban J connectivity index is 2.62. The first-order valence-corrected chi connectivity index (χ1v) is 7.30. The molecule has 2 nitrogen and oxygen atoms in total. The van der Waals surface area contributed by atoms with Crippen LogP contribution in [-0.2, 0) is 0 Å². The van der Waals surface area contributed by atoms with E-state index in [9.17, 15) is 0 Å². The molecule has 0 saturated heterocycles. The van der Waals surface area contributed by atoms with Crippen LogP contribution < -0.4 is 5.32 Å². The highest BCUT2D eigenvalue weighted by molar-refractivity contribution is 5.22. The topological polar surface area (TPSA) is 24.9 Å². The molecule has 1 heterocycles. The lowest BCUT2D eigenvalue weighted by molar-refractivity contribution is 0.445. The van der Waals surface area contributed by atoms with Gasteiger partial charge < -0.3 is 5.32 Å². The average molecular weight is 248 g/mol. The summed E-state index contributed by atoms with van der Waals surface area (Å²) in [6, 6.07) is 4.73. The number of hydrogen-bond donors (Lipinski definition) is 1. The van der Waals surface area contributed by atoms with Gasteiger partial charge >= 0.3 is 0 Å². The number of aromatic nitrogens is 1. The fourth-order valence-electron chi connectivity index (χ4n) is 2.28. The fraction of sp³-hybridized carbons (Fsp3) is 0.688. The highest BCUT2D eigenvalue weighted by atomic mass is 14.9. The van der Waals surface area contributed by atoms with Crippen LogP contribution in [0.15, 0.2) is 18.3 Å². The molecule has 0 spiro atoms. The summed E-state index contributed by atoms with van der Waals surface area (Å²) in [5.41, 5.74) is 2.53. The number of aryl methyl sites for hydroxylation is 1. The van der Waals surface area contributed by atoms with Crippen molar-refractivity contribution in [2.24, 2.45) is 5.92 Å². The first kappa shape index (κ1) is 15.2. The molecule has 2 heteroatoms. The van der Waals surface area contributed by atoms with Gasteiger partial charge in [0, 0.05) is 17.9 Å². The SMILES string of the molecule is CCCNC(CCCC(C)C)c1cccnc1C. The van der Waals surface area contributed by atoms with Gasteiger partial charge in [-0.15, -0.1) is 0 Å². The molecule has 0 amide bonds. The molecule has 1 atom stereocenters. The lowest BCUT2D eigenvalue weighted by atomic mass is 9.97. The lowest BCUT2D eigenvalue weighted by Gasteiger charge is -2.20. The third-order valence-electron chi connectivity index (χ3n) is 3.34. The van der Waals surface area contributed by atoms with Crippen molar-refractivity contribution in [2.75, 3.05) is 6.54 Å². The van der Waals surface area contributed by atoms with E-state index in [1.165, 1.54) is 31.2 Å². The molecule has 0 saturated carbocycles. The molecule has 1 aromatic heterocycles. The van der Waals surface area contributed by atoms with E-state index in [4.69, 9.17) is 0 Å². The largest absolute Gasteiger partial charge is 0.310 e. The van der Waals surface area contributed by atoms with E-state index >= 15 is 0 Å². The summed E-state index contributed by atoms with van der Waals surface area (Å²) in [6.07, 6.45) is 6.87. The minimum absolute atomic E-state index is 0.470. The van der Waals surface area contributed by atoms with Gasteiger partial charge in [0.25, 0.3) is 0 Å². The van der Waals surface area contributed by atoms with Crippen molar-refractivity contribution in [3.63, 3.8) is 0 Å². The van der Waals surface area contributed by atoms with Crippen molar-refractivity contribution in [2.45, 2.75) is 59.4 Å². The van der Waals surface area contributed by atoms with Gasteiger partial charge in [-0.2, -0.15) is 0 Å². The quantitative estimate of drug-likeness (QED) is 0.743. The Hall–Kier alpha value is -0.890. The number of rotatable bonds is 8. The summed E-state index contributed by atoms with van der Waals surface area (Å²) in [6.45, 7) is 10.0. The van der Waals surface area contributed by atoms with E-state index in [-0.39, 0.29) is 0 Å². The van der Waals surface area contributed by atoms with Crippen molar-refractivity contribution >= 4 is 0 Å². The maximum absolute atomic E-state index is 4.41. The Morgan fingerprint density at radius 3 is 2.67 bits per heavy atom. The van der Waals surface area contributed by atoms with E-state index in [2.05, 4.69) is 44.1 Å². The zero-order valence-corrected chi connectivity index (χ0v) is 12.4. The Labute approximate surface area is 112 Å². The highest BCUT2D eigenvalue weighted by Gasteiger charge is 2.13. The standard InChI is InChI=1S/C16H28N2/c1-5-11-18-16(10-6-8-13(2)3)15-9-7-12-17-14(15)4/h7,9,12-13,16,18H,5-6,8,10-11H2,1-4H3. The van der Waals surface area contributed by atoms with Gasteiger partial charge in [-0.3, -0.25) is 4.98 Å². The first-order valence-electron chi connectivity index (χ1n) is 7.30. The van der Waals surface area contributed by atoms with Gasteiger partial charge in [-0.1, -0.05) is 39.7 Å². The zero-order chi connectivity index (χ0) is 13.4. The summed E-state index contributed by atoms with van der Waals surface area (Å²) < 4.78 is 0. The molecule has 0 bridgehead atoms. The van der Waals surface area contributed by atoms with Crippen molar-refractivity contribution in [3.05, 3.63) is 29.6 Å². The van der Waals surface area contributed by atoms with Crippen molar-refractivity contribution in [3.8, 4) is 0 Å². The molecule has 0 radical (unpaired) electrons. The third kappa shape index (κ3) is 5.18. The minimum Gasteiger partial charge on any atom is -0.310 e. The Morgan fingerprint density at radius 1 is 1.28 bits per heavy atom. The molecule has 1 N–H and O–H groups in total. The molecule has 18 heavy (non-hydrogen) atoms. The van der Waals surface area contributed by atoms with Crippen LogP contribution in [0.25, 0.3) is 0 Å². The second kappa shape index (κ2) is 8.25. The second-order valence-electron chi connectivity index (χ2n) is 5.51. The molecule has 102 valence electrons. The summed E-state index contributed by atoms with van der Waals surface area (Å²) in [5, 5.41) is 3.66. The normalized spacial score (nSPS) is 12.9.